The van der Waals surface area contributed by atoms with E-state index in [0.717, 1.165) is 15.4 Å². The molecule has 4 heteroatoms. The Morgan fingerprint density at radius 3 is 2.75 bits per heavy atom. The zero-order valence-corrected chi connectivity index (χ0v) is 12.0. The Hall–Kier alpha value is -1.78. The molecule has 0 fully saturated rings. The summed E-state index contributed by atoms with van der Waals surface area (Å²) in [6.07, 6.45) is 0.539. The Kier molecular flexibility index (Phi) is 3.51. The molecule has 1 atom stereocenters. The molecule has 1 unspecified atom stereocenters. The summed E-state index contributed by atoms with van der Waals surface area (Å²) in [4.78, 5) is 4.29. The molecule has 0 spiro atoms. The van der Waals surface area contributed by atoms with Gasteiger partial charge in [-0.25, -0.2) is 4.39 Å². The van der Waals surface area contributed by atoms with Gasteiger partial charge in [0.1, 0.15) is 11.9 Å². The lowest BCUT2D eigenvalue weighted by molar-refractivity contribution is 0.214. The van der Waals surface area contributed by atoms with Crippen LogP contribution in [-0.4, -0.2) is 10.1 Å². The normalized spacial score (nSPS) is 12.6. The van der Waals surface area contributed by atoms with Gasteiger partial charge in [-0.15, -0.1) is 0 Å². The summed E-state index contributed by atoms with van der Waals surface area (Å²) in [7, 11) is 0. The molecule has 0 radical (unpaired) electrons. The molecule has 2 nitrogen and oxygen atoms in total. The van der Waals surface area contributed by atoms with Crippen molar-refractivity contribution in [2.24, 2.45) is 0 Å². The van der Waals surface area contributed by atoms with Crippen molar-refractivity contribution in [1.29, 1.82) is 0 Å². The second-order valence-corrected chi connectivity index (χ2v) is 5.45. The molecule has 20 heavy (non-hydrogen) atoms. The number of benzene rings is 2. The summed E-state index contributed by atoms with van der Waals surface area (Å²) in [5.74, 6) is -0.436. The van der Waals surface area contributed by atoms with Crippen LogP contribution in [0, 0.1) is 5.82 Å². The van der Waals surface area contributed by atoms with E-state index in [-0.39, 0.29) is 5.56 Å². The van der Waals surface area contributed by atoms with Crippen molar-refractivity contribution in [2.45, 2.75) is 6.10 Å². The molecule has 0 amide bonds. The van der Waals surface area contributed by atoms with Gasteiger partial charge in [0.25, 0.3) is 0 Å². The highest BCUT2D eigenvalue weighted by Gasteiger charge is 2.16. The average Bonchev–Trinajstić information content (AvgIpc) is 2.48. The van der Waals surface area contributed by atoms with Crippen molar-refractivity contribution >= 4 is 26.8 Å². The number of hydrogen-bond acceptors (Lipinski definition) is 2. The first-order valence-corrected chi connectivity index (χ1v) is 6.92. The van der Waals surface area contributed by atoms with E-state index in [2.05, 4.69) is 20.9 Å². The topological polar surface area (TPSA) is 33.1 Å². The standard InChI is InChI=1S/C16H11BrFNO/c17-12-5-6-14(18)13(8-12)16(20)11-7-10-3-1-2-4-15(10)19-9-11/h1-9,16,20H. The van der Waals surface area contributed by atoms with Crippen molar-refractivity contribution in [2.75, 3.05) is 0 Å². The van der Waals surface area contributed by atoms with Crippen LogP contribution in [0.4, 0.5) is 4.39 Å². The number of rotatable bonds is 2. The molecular weight excluding hydrogens is 321 g/mol. The third kappa shape index (κ3) is 2.44. The summed E-state index contributed by atoms with van der Waals surface area (Å²) in [5, 5.41) is 11.3. The average molecular weight is 332 g/mol. The highest BCUT2D eigenvalue weighted by atomic mass is 79.9. The van der Waals surface area contributed by atoms with Gasteiger partial charge in [-0.2, -0.15) is 0 Å². The number of pyridine rings is 1. The molecule has 0 aliphatic carbocycles. The van der Waals surface area contributed by atoms with Crippen molar-refractivity contribution < 1.29 is 9.50 Å². The number of hydrogen-bond donors (Lipinski definition) is 1. The molecule has 3 rings (SSSR count). The van der Waals surface area contributed by atoms with Crippen molar-refractivity contribution in [3.63, 3.8) is 0 Å². The van der Waals surface area contributed by atoms with E-state index >= 15 is 0 Å². The quantitative estimate of drug-likeness (QED) is 0.762. The fourth-order valence-corrected chi connectivity index (χ4v) is 2.52. The minimum absolute atomic E-state index is 0.233. The third-order valence-corrected chi connectivity index (χ3v) is 3.67. The number of aliphatic hydroxyl groups is 1. The maximum Gasteiger partial charge on any atom is 0.129 e. The van der Waals surface area contributed by atoms with E-state index in [1.807, 2.05) is 30.3 Å². The fourth-order valence-electron chi connectivity index (χ4n) is 2.14. The number of halogens is 2. The van der Waals surface area contributed by atoms with Crippen LogP contribution in [0.3, 0.4) is 0 Å². The Labute approximate surface area is 124 Å². The molecule has 0 saturated heterocycles. The minimum Gasteiger partial charge on any atom is -0.383 e. The Balaban J connectivity index is 2.07. The van der Waals surface area contributed by atoms with Gasteiger partial charge in [0.05, 0.1) is 5.52 Å². The van der Waals surface area contributed by atoms with Crippen molar-refractivity contribution in [1.82, 2.24) is 4.98 Å². The van der Waals surface area contributed by atoms with Crippen LogP contribution in [-0.2, 0) is 0 Å². The van der Waals surface area contributed by atoms with E-state index in [1.165, 1.54) is 6.07 Å². The molecular formula is C16H11BrFNO. The first-order valence-electron chi connectivity index (χ1n) is 6.13. The van der Waals surface area contributed by atoms with Crippen LogP contribution in [0.15, 0.2) is 59.2 Å². The third-order valence-electron chi connectivity index (χ3n) is 3.18. The van der Waals surface area contributed by atoms with Gasteiger partial charge < -0.3 is 5.11 Å². The second kappa shape index (κ2) is 5.31. The summed E-state index contributed by atoms with van der Waals surface area (Å²) < 4.78 is 14.5. The number of nitrogens with zero attached hydrogens (tertiary/aromatic N) is 1. The van der Waals surface area contributed by atoms with E-state index in [0.29, 0.717) is 5.56 Å². The Bertz CT molecular complexity index is 775. The zero-order valence-electron chi connectivity index (χ0n) is 10.4. The molecule has 2 aromatic carbocycles. The Morgan fingerprint density at radius 2 is 1.90 bits per heavy atom. The van der Waals surface area contributed by atoms with Crippen LogP contribution < -0.4 is 0 Å². The van der Waals surface area contributed by atoms with Crippen LogP contribution in [0.1, 0.15) is 17.2 Å². The molecule has 1 heterocycles. The molecule has 1 aromatic heterocycles. The summed E-state index contributed by atoms with van der Waals surface area (Å²) in [6.45, 7) is 0. The SMILES string of the molecule is OC(c1cnc2ccccc2c1)c1cc(Br)ccc1F. The van der Waals surface area contributed by atoms with Gasteiger partial charge in [0.2, 0.25) is 0 Å². The maximum absolute atomic E-state index is 13.8. The summed E-state index contributed by atoms with van der Waals surface area (Å²) >= 11 is 3.28. The highest BCUT2D eigenvalue weighted by Crippen LogP contribution is 2.28. The molecule has 0 bridgehead atoms. The number of para-hydroxylation sites is 1. The number of fused-ring (bicyclic) bond motifs is 1. The van der Waals surface area contributed by atoms with Crippen LogP contribution in [0.25, 0.3) is 10.9 Å². The predicted octanol–water partition coefficient (Wildman–Crippen LogP) is 4.22. The maximum atomic E-state index is 13.8. The Morgan fingerprint density at radius 1 is 1.10 bits per heavy atom. The lowest BCUT2D eigenvalue weighted by Crippen LogP contribution is -2.03. The predicted molar refractivity (Wildman–Crippen MR) is 79.9 cm³/mol. The van der Waals surface area contributed by atoms with Gasteiger partial charge in [0, 0.05) is 27.2 Å². The zero-order chi connectivity index (χ0) is 14.1. The van der Waals surface area contributed by atoms with Gasteiger partial charge in [0.15, 0.2) is 0 Å². The molecule has 0 saturated carbocycles. The lowest BCUT2D eigenvalue weighted by Gasteiger charge is -2.13. The van der Waals surface area contributed by atoms with Gasteiger partial charge in [-0.05, 0) is 30.3 Å². The van der Waals surface area contributed by atoms with Crippen molar-refractivity contribution in [3.05, 3.63) is 76.1 Å². The van der Waals surface area contributed by atoms with Gasteiger partial charge >= 0.3 is 0 Å². The van der Waals surface area contributed by atoms with Crippen molar-refractivity contribution in [3.8, 4) is 0 Å². The molecule has 100 valence electrons. The molecule has 1 N–H and O–H groups in total. The smallest absolute Gasteiger partial charge is 0.129 e. The largest absolute Gasteiger partial charge is 0.383 e. The van der Waals surface area contributed by atoms with Crippen LogP contribution >= 0.6 is 15.9 Å². The van der Waals surface area contributed by atoms with E-state index < -0.39 is 11.9 Å². The fraction of sp³-hybridized carbons (Fsp3) is 0.0625. The van der Waals surface area contributed by atoms with Crippen LogP contribution in [0.2, 0.25) is 0 Å². The van der Waals surface area contributed by atoms with Gasteiger partial charge in [-0.1, -0.05) is 34.1 Å². The molecule has 3 aromatic rings. The molecule has 0 aliphatic heterocycles. The first-order chi connectivity index (χ1) is 9.65. The second-order valence-electron chi connectivity index (χ2n) is 4.53. The highest BCUT2D eigenvalue weighted by molar-refractivity contribution is 9.10. The molecule has 0 aliphatic rings. The lowest BCUT2D eigenvalue weighted by atomic mass is 10.0. The van der Waals surface area contributed by atoms with E-state index in [4.69, 9.17) is 0 Å². The van der Waals surface area contributed by atoms with E-state index in [1.54, 1.807) is 18.3 Å². The summed E-state index contributed by atoms with van der Waals surface area (Å²) in [6, 6.07) is 13.9. The van der Waals surface area contributed by atoms with Crippen LogP contribution in [0.5, 0.6) is 0 Å². The number of aromatic nitrogens is 1. The first kappa shape index (κ1) is 13.2. The summed E-state index contributed by atoms with van der Waals surface area (Å²) in [5.41, 5.74) is 1.65. The number of aliphatic hydroxyl groups excluding tert-OH is 1. The van der Waals surface area contributed by atoms with E-state index in [9.17, 15) is 9.50 Å². The minimum atomic E-state index is -1.04. The van der Waals surface area contributed by atoms with Gasteiger partial charge in [-0.3, -0.25) is 4.98 Å². The monoisotopic (exact) mass is 331 g/mol.